The van der Waals surface area contributed by atoms with Gasteiger partial charge in [0.25, 0.3) is 0 Å². The first-order valence-electron chi connectivity index (χ1n) is 13.6. The minimum Gasteiger partial charge on any atom is -0.508 e. The number of phenolic OH excluding ortho intramolecular Hbond substituents is 1. The number of nitrogens with zero attached hydrogens (tertiary/aromatic N) is 3. The Morgan fingerprint density at radius 1 is 1.21 bits per heavy atom. The summed E-state index contributed by atoms with van der Waals surface area (Å²) < 4.78 is 22.6. The summed E-state index contributed by atoms with van der Waals surface area (Å²) in [6, 6.07) is 5.39. The number of aliphatic hydroxyl groups is 1. The highest BCUT2D eigenvalue weighted by Crippen LogP contribution is 2.43. The smallest absolute Gasteiger partial charge is 0.505 e. The zero-order chi connectivity index (χ0) is 30.1. The van der Waals surface area contributed by atoms with Gasteiger partial charge >= 0.3 is 6.16 Å². The lowest BCUT2D eigenvalue weighted by Gasteiger charge is -2.25. The number of fused-ring (bicyclic) bond motifs is 2. The number of rotatable bonds is 9. The van der Waals surface area contributed by atoms with Crippen molar-refractivity contribution in [2.24, 2.45) is 5.92 Å². The zero-order valence-corrected chi connectivity index (χ0v) is 25.0. The number of pyridine rings is 1. The number of aromatic nitrogens is 1. The van der Waals surface area contributed by atoms with Gasteiger partial charge in [-0.25, -0.2) is 14.2 Å². The molecule has 0 saturated carbocycles. The first-order valence-corrected chi connectivity index (χ1v) is 13.6. The van der Waals surface area contributed by atoms with E-state index in [1.807, 2.05) is 79.6 Å². The summed E-state index contributed by atoms with van der Waals surface area (Å²) in [7, 11) is 3.87. The van der Waals surface area contributed by atoms with Crippen molar-refractivity contribution >= 4 is 22.8 Å². The molecule has 3 rings (SSSR count). The molecule has 2 heterocycles. The summed E-state index contributed by atoms with van der Waals surface area (Å²) in [5.41, 5.74) is 3.81. The second kappa shape index (κ2) is 19.2. The molecule has 2 aromatic rings. The number of halogens is 1. The number of allylic oxidation sites excluding steroid dienone is 1. The van der Waals surface area contributed by atoms with Gasteiger partial charge < -0.3 is 34.6 Å². The van der Waals surface area contributed by atoms with Crippen LogP contribution in [0.3, 0.4) is 0 Å². The normalized spacial score (nSPS) is 14.7. The van der Waals surface area contributed by atoms with Gasteiger partial charge in [-0.2, -0.15) is 0 Å². The van der Waals surface area contributed by atoms with Crippen molar-refractivity contribution in [1.29, 1.82) is 0 Å². The molecule has 0 spiro atoms. The number of carboxylic acid groups (broad SMARTS) is 1. The maximum Gasteiger partial charge on any atom is 0.505 e. The molecule has 0 radical (unpaired) electrons. The number of carbonyl (C=O) groups is 1. The third-order valence-electron chi connectivity index (χ3n) is 5.12. The summed E-state index contributed by atoms with van der Waals surface area (Å²) in [4.78, 5) is 18.0. The number of hydrogen-bond donors (Lipinski definition) is 3. The van der Waals surface area contributed by atoms with Gasteiger partial charge in [-0.15, -0.1) is 0 Å². The maximum absolute atomic E-state index is 12.8. The van der Waals surface area contributed by atoms with Crippen LogP contribution in [0, 0.1) is 5.92 Å². The predicted molar refractivity (Wildman–Crippen MR) is 154 cm³/mol. The number of benzene rings is 1. The van der Waals surface area contributed by atoms with Crippen LogP contribution in [0.15, 0.2) is 24.3 Å². The number of ether oxygens (including phenoxy) is 2. The van der Waals surface area contributed by atoms with Crippen LogP contribution < -0.4 is 0 Å². The molecular formula is C29H48FN3O6. The van der Waals surface area contributed by atoms with E-state index in [1.165, 1.54) is 0 Å². The predicted octanol–water partition coefficient (Wildman–Crippen LogP) is 6.39. The van der Waals surface area contributed by atoms with Gasteiger partial charge in [0.1, 0.15) is 19.2 Å². The van der Waals surface area contributed by atoms with Gasteiger partial charge in [-0.05, 0) is 44.6 Å². The number of aromatic hydroxyl groups is 1. The topological polar surface area (TPSA) is 116 Å². The molecule has 1 unspecified atom stereocenters. The summed E-state index contributed by atoms with van der Waals surface area (Å²) >= 11 is 0. The molecule has 0 saturated heterocycles. The fraction of sp³-hybridized carbons (Fsp3) is 0.586. The van der Waals surface area contributed by atoms with E-state index in [1.54, 1.807) is 17.0 Å². The molecule has 0 fully saturated rings. The number of phenols is 1. The second-order valence-corrected chi connectivity index (χ2v) is 8.73. The molecule has 1 aromatic heterocycles. The van der Waals surface area contributed by atoms with E-state index in [-0.39, 0.29) is 25.0 Å². The molecule has 1 atom stereocenters. The van der Waals surface area contributed by atoms with E-state index < -0.39 is 19.1 Å². The molecule has 39 heavy (non-hydrogen) atoms. The number of aliphatic hydroxyl groups excluding tert-OH is 1. The monoisotopic (exact) mass is 553 g/mol. The third kappa shape index (κ3) is 10.6. The molecule has 1 aliphatic rings. The molecule has 0 aliphatic carbocycles. The van der Waals surface area contributed by atoms with Crippen molar-refractivity contribution in [3.8, 4) is 5.75 Å². The average Bonchev–Trinajstić information content (AvgIpc) is 3.19. The molecule has 222 valence electrons. The molecule has 1 aromatic carbocycles. The maximum atomic E-state index is 12.8. The minimum atomic E-state index is -1.19. The van der Waals surface area contributed by atoms with Crippen molar-refractivity contribution in [1.82, 2.24) is 14.8 Å². The van der Waals surface area contributed by atoms with Crippen molar-refractivity contribution in [3.05, 3.63) is 41.1 Å². The van der Waals surface area contributed by atoms with E-state index >= 15 is 0 Å². The highest BCUT2D eigenvalue weighted by atomic mass is 19.1. The van der Waals surface area contributed by atoms with Gasteiger partial charge in [0.05, 0.1) is 30.1 Å². The van der Waals surface area contributed by atoms with Crippen LogP contribution in [0.2, 0.25) is 0 Å². The lowest BCUT2D eigenvalue weighted by Crippen LogP contribution is -2.25. The van der Waals surface area contributed by atoms with Crippen LogP contribution in [0.1, 0.15) is 77.9 Å². The Kier molecular flexibility index (Phi) is 17.7. The molecule has 0 amide bonds. The van der Waals surface area contributed by atoms with Gasteiger partial charge in [-0.1, -0.05) is 54.5 Å². The number of alkyl halides is 1. The Balaban J connectivity index is 0.00000113. The van der Waals surface area contributed by atoms with Crippen LogP contribution in [0.25, 0.3) is 16.6 Å². The Hall–Kier alpha value is -2.95. The fourth-order valence-corrected chi connectivity index (χ4v) is 3.78. The summed E-state index contributed by atoms with van der Waals surface area (Å²) in [6.07, 6.45) is 0.953. The molecule has 0 bridgehead atoms. The highest BCUT2D eigenvalue weighted by molar-refractivity contribution is 5.88. The summed E-state index contributed by atoms with van der Waals surface area (Å²) in [5.74, 6) is 0.442. The van der Waals surface area contributed by atoms with E-state index in [0.717, 1.165) is 39.8 Å². The van der Waals surface area contributed by atoms with Crippen molar-refractivity contribution in [2.45, 2.75) is 67.7 Å². The van der Waals surface area contributed by atoms with Crippen LogP contribution in [-0.4, -0.2) is 77.0 Å². The van der Waals surface area contributed by atoms with Gasteiger partial charge in [0.15, 0.2) is 6.23 Å². The molecule has 3 N–H and O–H groups in total. The van der Waals surface area contributed by atoms with Crippen molar-refractivity contribution in [3.63, 3.8) is 0 Å². The Labute approximate surface area is 232 Å². The van der Waals surface area contributed by atoms with Crippen LogP contribution in [0.4, 0.5) is 9.18 Å². The zero-order valence-electron chi connectivity index (χ0n) is 25.0. The minimum absolute atomic E-state index is 0.0712. The van der Waals surface area contributed by atoms with E-state index in [4.69, 9.17) is 14.8 Å². The lowest BCUT2D eigenvalue weighted by atomic mass is 10.0. The average molecular weight is 554 g/mol. The van der Waals surface area contributed by atoms with Crippen LogP contribution >= 0.6 is 0 Å². The highest BCUT2D eigenvalue weighted by Gasteiger charge is 2.36. The first-order chi connectivity index (χ1) is 18.6. The number of hydrogen-bond acceptors (Lipinski definition) is 8. The van der Waals surface area contributed by atoms with E-state index in [9.17, 15) is 19.4 Å². The van der Waals surface area contributed by atoms with E-state index in [0.29, 0.717) is 13.2 Å². The molecular weight excluding hydrogens is 505 g/mol. The fourth-order valence-electron chi connectivity index (χ4n) is 3.78. The summed E-state index contributed by atoms with van der Waals surface area (Å²) in [5, 5.41) is 29.0. The third-order valence-corrected chi connectivity index (χ3v) is 5.12. The van der Waals surface area contributed by atoms with Gasteiger partial charge in [0.2, 0.25) is 0 Å². The van der Waals surface area contributed by atoms with Crippen LogP contribution in [0.5, 0.6) is 5.75 Å². The Morgan fingerprint density at radius 3 is 2.31 bits per heavy atom. The van der Waals surface area contributed by atoms with E-state index in [2.05, 4.69) is 4.74 Å². The summed E-state index contributed by atoms with van der Waals surface area (Å²) in [6.45, 7) is 13.9. The van der Waals surface area contributed by atoms with Gasteiger partial charge in [-0.3, -0.25) is 0 Å². The quantitative estimate of drug-likeness (QED) is 0.304. The Bertz CT molecular complexity index is 1030. The first kappa shape index (κ1) is 36.0. The lowest BCUT2D eigenvalue weighted by molar-refractivity contribution is -0.0591. The molecule has 1 aliphatic heterocycles. The molecule has 10 heteroatoms. The Morgan fingerprint density at radius 2 is 1.85 bits per heavy atom. The second-order valence-electron chi connectivity index (χ2n) is 8.73. The molecule has 9 nitrogen and oxygen atoms in total. The van der Waals surface area contributed by atoms with Crippen LogP contribution in [-0.2, 0) is 16.0 Å². The van der Waals surface area contributed by atoms with Gasteiger partial charge in [0, 0.05) is 23.1 Å². The largest absolute Gasteiger partial charge is 0.508 e. The van der Waals surface area contributed by atoms with Crippen molar-refractivity contribution < 1.29 is 34.0 Å². The SMILES string of the molecule is CC.CC.CC(C)/C=C1/c2nc3ccc(O)c(CN(C)C)c3cc2C(OCCF)N1CO.CCCOC(=O)O. The standard InChI is InChI=1S/C21H28FN3O3.C4H8O3.2C2H6/c1-13(2)9-18-20-15(21(25(18)12-26)28-8-7-22)10-14-16(11-24(3)4)19(27)6-5-17(14)23-20;1-2-3-7-4(5)6;2*1-2/h5-6,9-10,13,21,26-27H,7-8,11-12H2,1-4H3;2-3H2,1H3,(H,5,6);2*1-2H3/b18-9-;;;. The van der Waals surface area contributed by atoms with Crippen molar-refractivity contribution in [2.75, 3.05) is 40.7 Å².